The van der Waals surface area contributed by atoms with Crippen molar-refractivity contribution in [2.75, 3.05) is 40.9 Å². The van der Waals surface area contributed by atoms with Crippen molar-refractivity contribution in [2.24, 2.45) is 0 Å². The predicted molar refractivity (Wildman–Crippen MR) is 270 cm³/mol. The molecule has 0 aromatic heterocycles. The average Bonchev–Trinajstić information content (AvgIpc) is 3.24. The third kappa shape index (κ3) is 47.7. The molecule has 0 aromatic rings. The minimum Gasteiger partial charge on any atom is -0.756 e. The number of phosphoric acid groups is 1. The summed E-state index contributed by atoms with van der Waals surface area (Å²) in [5.41, 5.74) is 0. The smallest absolute Gasteiger partial charge is 0.268 e. The Hall–Kier alpha value is -2.06. The number of quaternary nitrogens is 1. The van der Waals surface area contributed by atoms with Gasteiger partial charge in [-0.1, -0.05) is 209 Å². The van der Waals surface area contributed by atoms with E-state index in [9.17, 15) is 19.4 Å². The quantitative estimate of drug-likeness (QED) is 0.0273. The highest BCUT2D eigenvalue weighted by Crippen LogP contribution is 2.38. The van der Waals surface area contributed by atoms with Crippen molar-refractivity contribution < 1.29 is 32.9 Å². The third-order valence-corrected chi connectivity index (χ3v) is 12.1. The van der Waals surface area contributed by atoms with E-state index in [-0.39, 0.29) is 12.5 Å². The molecular formula is C54H99N2O6P. The van der Waals surface area contributed by atoms with E-state index in [4.69, 9.17) is 9.05 Å². The van der Waals surface area contributed by atoms with E-state index in [2.05, 4.69) is 79.9 Å². The summed E-state index contributed by atoms with van der Waals surface area (Å²) >= 11 is 0. The standard InChI is InChI=1S/C54H99N2O6P/c1-6-8-10-12-14-16-18-20-22-24-26-27-28-30-31-33-35-37-39-41-43-45-47-53(57)52(51-62-63(59,60)61-50-49-56(3,4)5)55-54(58)48-46-44-42-40-38-36-34-32-29-25-23-21-19-17-15-13-11-9-7-2/h9,11,15,17,21,23,29,32,37,39,45,47,52-53,57H,6-8,10,12-14,16,18-20,22,24-28,30-31,33-36,38,40-44,46,48-51H2,1-5H3,(H-,55,58,59,60)/b11-9-,17-15-,23-21-,32-29-,39-37+,47-45+. The summed E-state index contributed by atoms with van der Waals surface area (Å²) in [5, 5.41) is 13.8. The van der Waals surface area contributed by atoms with Gasteiger partial charge in [-0.25, -0.2) is 0 Å². The molecule has 8 nitrogen and oxygen atoms in total. The number of hydrogen-bond donors (Lipinski definition) is 2. The molecular weight excluding hydrogens is 804 g/mol. The highest BCUT2D eigenvalue weighted by Gasteiger charge is 2.23. The zero-order valence-electron chi connectivity index (χ0n) is 41.5. The number of carbonyl (C=O) groups is 1. The zero-order chi connectivity index (χ0) is 46.4. The van der Waals surface area contributed by atoms with Gasteiger partial charge >= 0.3 is 0 Å². The van der Waals surface area contributed by atoms with Gasteiger partial charge in [0.25, 0.3) is 7.82 Å². The van der Waals surface area contributed by atoms with Gasteiger partial charge in [0.15, 0.2) is 0 Å². The fourth-order valence-electron chi connectivity index (χ4n) is 7.10. The van der Waals surface area contributed by atoms with Crippen molar-refractivity contribution in [1.82, 2.24) is 5.32 Å². The highest BCUT2D eigenvalue weighted by molar-refractivity contribution is 7.45. The second-order valence-corrected chi connectivity index (χ2v) is 19.9. The lowest BCUT2D eigenvalue weighted by Gasteiger charge is -2.29. The number of hydrogen-bond acceptors (Lipinski definition) is 6. The molecule has 0 rings (SSSR count). The van der Waals surface area contributed by atoms with Crippen molar-refractivity contribution in [1.29, 1.82) is 0 Å². The lowest BCUT2D eigenvalue weighted by molar-refractivity contribution is -0.870. The van der Waals surface area contributed by atoms with Gasteiger partial charge in [-0.05, 0) is 70.6 Å². The fourth-order valence-corrected chi connectivity index (χ4v) is 7.82. The Labute approximate surface area is 389 Å². The number of carbonyl (C=O) groups excluding carboxylic acids is 1. The Morgan fingerprint density at radius 2 is 0.984 bits per heavy atom. The summed E-state index contributed by atoms with van der Waals surface area (Å²) in [6.07, 6.45) is 61.1. The van der Waals surface area contributed by atoms with Crippen LogP contribution in [0, 0.1) is 0 Å². The minimum atomic E-state index is -4.61. The Kier molecular flexibility index (Phi) is 43.6. The second kappa shape index (κ2) is 45.1. The number of aliphatic hydroxyl groups is 1. The van der Waals surface area contributed by atoms with Gasteiger partial charge in [0.1, 0.15) is 13.2 Å². The van der Waals surface area contributed by atoms with E-state index in [0.29, 0.717) is 17.4 Å². The molecule has 0 aromatic carbocycles. The van der Waals surface area contributed by atoms with Crippen LogP contribution < -0.4 is 10.2 Å². The van der Waals surface area contributed by atoms with Crippen molar-refractivity contribution in [3.63, 3.8) is 0 Å². The van der Waals surface area contributed by atoms with E-state index in [1.807, 2.05) is 27.2 Å². The SMILES string of the molecule is CC/C=C\C/C=C\C/C=C\C/C=C\CCCCCCCCC(=O)NC(COP(=O)([O-])OCC[N+](C)(C)C)C(O)/C=C/CC/C=C/CCCCCCCCCCCCCCCCCC. The van der Waals surface area contributed by atoms with Gasteiger partial charge < -0.3 is 28.8 Å². The largest absolute Gasteiger partial charge is 0.756 e. The summed E-state index contributed by atoms with van der Waals surface area (Å²) in [7, 11) is 1.22. The monoisotopic (exact) mass is 903 g/mol. The van der Waals surface area contributed by atoms with Crippen molar-refractivity contribution in [2.45, 2.75) is 225 Å². The molecule has 0 saturated carbocycles. The molecule has 0 saturated heterocycles. The van der Waals surface area contributed by atoms with Gasteiger partial charge in [0, 0.05) is 6.42 Å². The molecule has 1 amide bonds. The molecule has 0 aliphatic carbocycles. The fraction of sp³-hybridized carbons (Fsp3) is 0.759. The Balaban J connectivity index is 4.39. The highest BCUT2D eigenvalue weighted by atomic mass is 31.2. The van der Waals surface area contributed by atoms with Crippen LogP contribution in [0.4, 0.5) is 0 Å². The van der Waals surface area contributed by atoms with E-state index in [0.717, 1.165) is 77.0 Å². The number of phosphoric ester groups is 1. The van der Waals surface area contributed by atoms with Crippen LogP contribution in [-0.2, 0) is 18.4 Å². The summed E-state index contributed by atoms with van der Waals surface area (Å²) in [5.74, 6) is -0.223. The topological polar surface area (TPSA) is 108 Å². The lowest BCUT2D eigenvalue weighted by atomic mass is 10.0. The number of nitrogens with one attached hydrogen (secondary N) is 1. The summed E-state index contributed by atoms with van der Waals surface area (Å²) < 4.78 is 23.3. The molecule has 0 aliphatic rings. The van der Waals surface area contributed by atoms with Crippen LogP contribution in [0.15, 0.2) is 72.9 Å². The Bertz CT molecular complexity index is 1250. The molecule has 0 bridgehead atoms. The number of aliphatic hydroxyl groups excluding tert-OH is 1. The molecule has 63 heavy (non-hydrogen) atoms. The van der Waals surface area contributed by atoms with Gasteiger partial charge in [-0.3, -0.25) is 9.36 Å². The number of allylic oxidation sites excluding steroid dienone is 11. The Morgan fingerprint density at radius 1 is 0.571 bits per heavy atom. The first-order chi connectivity index (χ1) is 30.5. The minimum absolute atomic E-state index is 0.0127. The summed E-state index contributed by atoms with van der Waals surface area (Å²) in [6, 6.07) is -0.915. The number of nitrogens with zero attached hydrogens (tertiary/aromatic N) is 1. The van der Waals surface area contributed by atoms with E-state index >= 15 is 0 Å². The average molecular weight is 903 g/mol. The van der Waals surface area contributed by atoms with E-state index in [1.54, 1.807) is 6.08 Å². The normalized spacial score (nSPS) is 14.7. The second-order valence-electron chi connectivity index (χ2n) is 18.5. The maximum Gasteiger partial charge on any atom is 0.268 e. The van der Waals surface area contributed by atoms with Crippen molar-refractivity contribution in [3.05, 3.63) is 72.9 Å². The van der Waals surface area contributed by atoms with Crippen LogP contribution >= 0.6 is 7.82 Å². The van der Waals surface area contributed by atoms with Crippen molar-refractivity contribution in [3.8, 4) is 0 Å². The first-order valence-corrected chi connectivity index (χ1v) is 27.3. The van der Waals surface area contributed by atoms with E-state index in [1.165, 1.54) is 116 Å². The molecule has 2 N–H and O–H groups in total. The maximum absolute atomic E-state index is 12.9. The molecule has 0 heterocycles. The van der Waals surface area contributed by atoms with Crippen LogP contribution in [-0.4, -0.2) is 68.5 Å². The van der Waals surface area contributed by atoms with Crippen LogP contribution in [0.5, 0.6) is 0 Å². The first-order valence-electron chi connectivity index (χ1n) is 25.8. The maximum atomic E-state index is 12.9. The number of unbranched alkanes of at least 4 members (excludes halogenated alkanes) is 23. The van der Waals surface area contributed by atoms with Crippen LogP contribution in [0.25, 0.3) is 0 Å². The lowest BCUT2D eigenvalue weighted by Crippen LogP contribution is -2.45. The third-order valence-electron chi connectivity index (χ3n) is 11.2. The zero-order valence-corrected chi connectivity index (χ0v) is 42.4. The van der Waals surface area contributed by atoms with Gasteiger partial charge in [0.2, 0.25) is 5.91 Å². The Morgan fingerprint density at radius 3 is 1.48 bits per heavy atom. The number of amides is 1. The molecule has 0 fully saturated rings. The van der Waals surface area contributed by atoms with Gasteiger partial charge in [0.05, 0.1) is 39.9 Å². The summed E-state index contributed by atoms with van der Waals surface area (Å²) in [6.45, 7) is 4.50. The predicted octanol–water partition coefficient (Wildman–Crippen LogP) is 14.5. The first kappa shape index (κ1) is 60.9. The number of rotatable bonds is 46. The molecule has 0 aliphatic heterocycles. The molecule has 0 spiro atoms. The number of likely N-dealkylation sites (N-methyl/N-ethyl adjacent to an activating group) is 1. The molecule has 3 atom stereocenters. The van der Waals surface area contributed by atoms with Gasteiger partial charge in [-0.2, -0.15) is 0 Å². The van der Waals surface area contributed by atoms with Crippen LogP contribution in [0.1, 0.15) is 213 Å². The van der Waals surface area contributed by atoms with Crippen LogP contribution in [0.3, 0.4) is 0 Å². The van der Waals surface area contributed by atoms with Gasteiger partial charge in [-0.15, -0.1) is 0 Å². The molecule has 9 heteroatoms. The van der Waals surface area contributed by atoms with Crippen molar-refractivity contribution >= 4 is 13.7 Å². The molecule has 3 unspecified atom stereocenters. The molecule has 366 valence electrons. The summed E-state index contributed by atoms with van der Waals surface area (Å²) in [4.78, 5) is 25.4. The van der Waals surface area contributed by atoms with E-state index < -0.39 is 26.6 Å². The molecule has 0 radical (unpaired) electrons. The van der Waals surface area contributed by atoms with Crippen LogP contribution in [0.2, 0.25) is 0 Å².